The third-order valence-electron chi connectivity index (χ3n) is 3.51. The van der Waals surface area contributed by atoms with Crippen LogP contribution < -0.4 is 5.73 Å². The van der Waals surface area contributed by atoms with Gasteiger partial charge in [-0.25, -0.2) is 0 Å². The van der Waals surface area contributed by atoms with Crippen LogP contribution in [0.4, 0.5) is 5.69 Å². The fourth-order valence-corrected chi connectivity index (χ4v) is 2.21. The third kappa shape index (κ3) is 2.46. The molecule has 1 fully saturated rings. The van der Waals surface area contributed by atoms with Gasteiger partial charge in [-0.2, -0.15) is 0 Å². The number of aromatic nitrogens is 1. The van der Waals surface area contributed by atoms with E-state index in [1.165, 1.54) is 19.3 Å². The first-order chi connectivity index (χ1) is 8.84. The van der Waals surface area contributed by atoms with Gasteiger partial charge in [0.2, 0.25) is 0 Å². The van der Waals surface area contributed by atoms with Crippen LogP contribution in [0.2, 0.25) is 0 Å². The summed E-state index contributed by atoms with van der Waals surface area (Å²) in [4.78, 5) is 4.41. The standard InChI is InChI=1S/C15H18N2O/c16-14-6-5-12(10-18-9-7-11-3-4-11)15-13(14)2-1-8-17-15/h1-2,5-6,8,11H,3-4,7,9-10,16H2. The average molecular weight is 242 g/mol. The molecule has 2 aromatic rings. The summed E-state index contributed by atoms with van der Waals surface area (Å²) < 4.78 is 5.74. The van der Waals surface area contributed by atoms with Crippen molar-refractivity contribution in [3.63, 3.8) is 0 Å². The quantitative estimate of drug-likeness (QED) is 0.647. The Hall–Kier alpha value is -1.61. The van der Waals surface area contributed by atoms with Gasteiger partial charge < -0.3 is 10.5 Å². The molecule has 1 aromatic carbocycles. The van der Waals surface area contributed by atoms with Crippen LogP contribution in [0.3, 0.4) is 0 Å². The number of nitrogens with two attached hydrogens (primary N) is 1. The molecule has 0 radical (unpaired) electrons. The molecule has 1 aliphatic rings. The summed E-state index contributed by atoms with van der Waals surface area (Å²) in [6.07, 6.45) is 5.77. The Kier molecular flexibility index (Phi) is 3.15. The number of benzene rings is 1. The Morgan fingerprint density at radius 1 is 1.28 bits per heavy atom. The summed E-state index contributed by atoms with van der Waals surface area (Å²) >= 11 is 0. The zero-order valence-corrected chi connectivity index (χ0v) is 10.4. The van der Waals surface area contributed by atoms with Crippen LogP contribution in [0.25, 0.3) is 10.9 Å². The van der Waals surface area contributed by atoms with E-state index in [1.807, 2.05) is 24.3 Å². The Balaban J connectivity index is 1.72. The van der Waals surface area contributed by atoms with Gasteiger partial charge in [0, 0.05) is 29.4 Å². The Bertz CT molecular complexity index is 549. The van der Waals surface area contributed by atoms with Gasteiger partial charge in [0.1, 0.15) is 0 Å². The molecule has 0 aliphatic heterocycles. The number of hydrogen-bond donors (Lipinski definition) is 1. The molecule has 0 spiro atoms. The van der Waals surface area contributed by atoms with E-state index in [1.54, 1.807) is 6.20 Å². The maximum Gasteiger partial charge on any atom is 0.0777 e. The maximum atomic E-state index is 5.95. The van der Waals surface area contributed by atoms with Gasteiger partial charge in [-0.05, 0) is 30.5 Å². The molecule has 1 aromatic heterocycles. The summed E-state index contributed by atoms with van der Waals surface area (Å²) in [6, 6.07) is 7.87. The number of fused-ring (bicyclic) bond motifs is 1. The molecule has 1 heterocycles. The first-order valence-corrected chi connectivity index (χ1v) is 6.54. The van der Waals surface area contributed by atoms with E-state index in [4.69, 9.17) is 10.5 Å². The fraction of sp³-hybridized carbons (Fsp3) is 0.400. The molecule has 3 rings (SSSR count). The summed E-state index contributed by atoms with van der Waals surface area (Å²) in [5, 5.41) is 1.01. The average Bonchev–Trinajstić information content (AvgIpc) is 3.21. The summed E-state index contributed by atoms with van der Waals surface area (Å²) in [5.74, 6) is 0.922. The zero-order valence-electron chi connectivity index (χ0n) is 10.4. The smallest absolute Gasteiger partial charge is 0.0777 e. The third-order valence-corrected chi connectivity index (χ3v) is 3.51. The van der Waals surface area contributed by atoms with Crippen LogP contribution in [-0.4, -0.2) is 11.6 Å². The van der Waals surface area contributed by atoms with Crippen LogP contribution in [0.15, 0.2) is 30.5 Å². The van der Waals surface area contributed by atoms with E-state index in [0.29, 0.717) is 6.61 Å². The normalized spacial score (nSPS) is 15.1. The van der Waals surface area contributed by atoms with Gasteiger partial charge in [-0.15, -0.1) is 0 Å². The lowest BCUT2D eigenvalue weighted by atomic mass is 10.1. The number of pyridine rings is 1. The van der Waals surface area contributed by atoms with Crippen LogP contribution in [0.5, 0.6) is 0 Å². The molecule has 0 unspecified atom stereocenters. The molecular weight excluding hydrogens is 224 g/mol. The summed E-state index contributed by atoms with van der Waals surface area (Å²) in [7, 11) is 0. The molecule has 18 heavy (non-hydrogen) atoms. The molecule has 1 saturated carbocycles. The van der Waals surface area contributed by atoms with Crippen LogP contribution in [0, 0.1) is 5.92 Å². The van der Waals surface area contributed by atoms with Crippen LogP contribution in [0.1, 0.15) is 24.8 Å². The molecule has 0 amide bonds. The fourth-order valence-electron chi connectivity index (χ4n) is 2.21. The van der Waals surface area contributed by atoms with Crippen molar-refractivity contribution < 1.29 is 4.74 Å². The first kappa shape index (κ1) is 11.5. The maximum absolute atomic E-state index is 5.95. The number of nitrogens with zero attached hydrogens (tertiary/aromatic N) is 1. The minimum atomic E-state index is 0.626. The highest BCUT2D eigenvalue weighted by molar-refractivity contribution is 5.92. The first-order valence-electron chi connectivity index (χ1n) is 6.54. The van der Waals surface area contributed by atoms with Crippen molar-refractivity contribution in [2.45, 2.75) is 25.9 Å². The van der Waals surface area contributed by atoms with Crippen LogP contribution in [-0.2, 0) is 11.3 Å². The van der Waals surface area contributed by atoms with Crippen molar-refractivity contribution in [1.82, 2.24) is 4.98 Å². The topological polar surface area (TPSA) is 48.1 Å². The minimum absolute atomic E-state index is 0.626. The van der Waals surface area contributed by atoms with E-state index in [0.717, 1.165) is 34.7 Å². The zero-order chi connectivity index (χ0) is 12.4. The minimum Gasteiger partial charge on any atom is -0.398 e. The predicted molar refractivity (Wildman–Crippen MR) is 73.2 cm³/mol. The highest BCUT2D eigenvalue weighted by atomic mass is 16.5. The molecule has 3 heteroatoms. The Morgan fingerprint density at radius 3 is 3.00 bits per heavy atom. The lowest BCUT2D eigenvalue weighted by molar-refractivity contribution is 0.116. The molecule has 94 valence electrons. The number of hydrogen-bond acceptors (Lipinski definition) is 3. The second-order valence-electron chi connectivity index (χ2n) is 5.00. The number of ether oxygens (including phenoxy) is 1. The molecule has 0 saturated heterocycles. The van der Waals surface area contributed by atoms with Gasteiger partial charge >= 0.3 is 0 Å². The van der Waals surface area contributed by atoms with Gasteiger partial charge in [-0.3, -0.25) is 4.98 Å². The number of anilines is 1. The summed E-state index contributed by atoms with van der Waals surface area (Å²) in [5.41, 5.74) is 8.81. The predicted octanol–water partition coefficient (Wildman–Crippen LogP) is 3.13. The second-order valence-corrected chi connectivity index (χ2v) is 5.00. The van der Waals surface area contributed by atoms with E-state index in [9.17, 15) is 0 Å². The van der Waals surface area contributed by atoms with Crippen molar-refractivity contribution in [3.05, 3.63) is 36.0 Å². The highest BCUT2D eigenvalue weighted by Crippen LogP contribution is 2.32. The second kappa shape index (κ2) is 4.94. The lowest BCUT2D eigenvalue weighted by Gasteiger charge is -2.08. The largest absolute Gasteiger partial charge is 0.398 e. The Morgan fingerprint density at radius 2 is 2.17 bits per heavy atom. The summed E-state index contributed by atoms with van der Waals surface area (Å²) in [6.45, 7) is 1.48. The molecule has 0 bridgehead atoms. The molecule has 2 N–H and O–H groups in total. The number of rotatable bonds is 5. The van der Waals surface area contributed by atoms with E-state index in [-0.39, 0.29) is 0 Å². The van der Waals surface area contributed by atoms with Gasteiger partial charge in [0.15, 0.2) is 0 Å². The molecule has 0 atom stereocenters. The lowest BCUT2D eigenvalue weighted by Crippen LogP contribution is -1.99. The van der Waals surface area contributed by atoms with Gasteiger partial charge in [0.05, 0.1) is 12.1 Å². The van der Waals surface area contributed by atoms with Crippen molar-refractivity contribution in [2.24, 2.45) is 5.92 Å². The van der Waals surface area contributed by atoms with Crippen LogP contribution >= 0.6 is 0 Å². The molecular formula is C15H18N2O. The highest BCUT2D eigenvalue weighted by Gasteiger charge is 2.20. The van der Waals surface area contributed by atoms with Gasteiger partial charge in [-0.1, -0.05) is 18.9 Å². The van der Waals surface area contributed by atoms with E-state index >= 15 is 0 Å². The number of nitrogen functional groups attached to an aromatic ring is 1. The van der Waals surface area contributed by atoms with Crippen molar-refractivity contribution >= 4 is 16.6 Å². The van der Waals surface area contributed by atoms with Crippen molar-refractivity contribution in [3.8, 4) is 0 Å². The molecule has 3 nitrogen and oxygen atoms in total. The van der Waals surface area contributed by atoms with Gasteiger partial charge in [0.25, 0.3) is 0 Å². The Labute approximate surface area is 107 Å². The van der Waals surface area contributed by atoms with E-state index < -0.39 is 0 Å². The SMILES string of the molecule is Nc1ccc(COCCC2CC2)c2ncccc12. The van der Waals surface area contributed by atoms with Crippen molar-refractivity contribution in [2.75, 3.05) is 12.3 Å². The van der Waals surface area contributed by atoms with Crippen molar-refractivity contribution in [1.29, 1.82) is 0 Å². The van der Waals surface area contributed by atoms with E-state index in [2.05, 4.69) is 4.98 Å². The molecule has 1 aliphatic carbocycles. The monoisotopic (exact) mass is 242 g/mol.